The molecule has 0 aromatic carbocycles. The number of rotatable bonds is 3. The van der Waals surface area contributed by atoms with Gasteiger partial charge < -0.3 is 10.2 Å². The molecular weight excluding hydrogens is 248 g/mol. The minimum atomic E-state index is -2.73. The Morgan fingerprint density at radius 2 is 2.22 bits per heavy atom. The van der Waals surface area contributed by atoms with Crippen molar-refractivity contribution in [2.75, 3.05) is 37.7 Å². The highest BCUT2D eigenvalue weighted by molar-refractivity contribution is 7.91. The van der Waals surface area contributed by atoms with Crippen molar-refractivity contribution in [2.45, 2.75) is 38.6 Å². The Labute approximate surface area is 111 Å². The van der Waals surface area contributed by atoms with Gasteiger partial charge in [-0.15, -0.1) is 0 Å². The SMILES string of the molecule is CCC1(C)CN(CC2CCS(=O)(=O)C2)CCCN1. The van der Waals surface area contributed by atoms with Gasteiger partial charge in [0.1, 0.15) is 0 Å². The first-order valence-corrected chi connectivity index (χ1v) is 8.92. The Kier molecular flexibility index (Phi) is 4.34. The first-order valence-electron chi connectivity index (χ1n) is 7.10. The summed E-state index contributed by atoms with van der Waals surface area (Å²) >= 11 is 0. The highest BCUT2D eigenvalue weighted by Crippen LogP contribution is 2.22. The molecule has 0 saturated carbocycles. The summed E-state index contributed by atoms with van der Waals surface area (Å²) in [6.45, 7) is 8.66. The van der Waals surface area contributed by atoms with Crippen LogP contribution in [-0.2, 0) is 9.84 Å². The van der Waals surface area contributed by atoms with Crippen molar-refractivity contribution >= 4 is 9.84 Å². The van der Waals surface area contributed by atoms with E-state index in [1.54, 1.807) is 0 Å². The number of hydrogen-bond donors (Lipinski definition) is 1. The van der Waals surface area contributed by atoms with Crippen molar-refractivity contribution in [3.8, 4) is 0 Å². The monoisotopic (exact) mass is 274 g/mol. The molecule has 0 aliphatic carbocycles. The summed E-state index contributed by atoms with van der Waals surface area (Å²) in [5, 5.41) is 3.62. The smallest absolute Gasteiger partial charge is 0.150 e. The molecule has 18 heavy (non-hydrogen) atoms. The number of hydrogen-bond acceptors (Lipinski definition) is 4. The predicted molar refractivity (Wildman–Crippen MR) is 74.5 cm³/mol. The van der Waals surface area contributed by atoms with Crippen LogP contribution in [0.1, 0.15) is 33.1 Å². The highest BCUT2D eigenvalue weighted by Gasteiger charge is 2.32. The maximum absolute atomic E-state index is 11.5. The summed E-state index contributed by atoms with van der Waals surface area (Å²) in [7, 11) is -2.73. The molecule has 0 radical (unpaired) electrons. The van der Waals surface area contributed by atoms with E-state index in [0.29, 0.717) is 17.4 Å². The molecule has 5 heteroatoms. The molecule has 2 atom stereocenters. The second-order valence-corrected chi connectivity index (χ2v) is 8.43. The maximum Gasteiger partial charge on any atom is 0.150 e. The molecule has 0 aromatic heterocycles. The third-order valence-electron chi connectivity index (χ3n) is 4.40. The van der Waals surface area contributed by atoms with Crippen LogP contribution >= 0.6 is 0 Å². The van der Waals surface area contributed by atoms with Crippen LogP contribution in [0.25, 0.3) is 0 Å². The van der Waals surface area contributed by atoms with E-state index in [4.69, 9.17) is 0 Å². The van der Waals surface area contributed by atoms with Crippen molar-refractivity contribution in [2.24, 2.45) is 5.92 Å². The van der Waals surface area contributed by atoms with Crippen LogP contribution in [0.2, 0.25) is 0 Å². The van der Waals surface area contributed by atoms with E-state index in [2.05, 4.69) is 24.1 Å². The molecule has 0 spiro atoms. The standard InChI is InChI=1S/C13H26N2O2S/c1-3-13(2)11-15(7-4-6-14-13)9-12-5-8-18(16,17)10-12/h12,14H,3-11H2,1-2H3. The fraction of sp³-hybridized carbons (Fsp3) is 1.00. The van der Waals surface area contributed by atoms with Gasteiger partial charge >= 0.3 is 0 Å². The first-order chi connectivity index (χ1) is 8.42. The maximum atomic E-state index is 11.5. The Morgan fingerprint density at radius 3 is 2.83 bits per heavy atom. The average Bonchev–Trinajstić information content (AvgIpc) is 2.53. The lowest BCUT2D eigenvalue weighted by molar-refractivity contribution is 0.194. The minimum Gasteiger partial charge on any atom is -0.310 e. The van der Waals surface area contributed by atoms with Gasteiger partial charge in [-0.05, 0) is 45.2 Å². The van der Waals surface area contributed by atoms with Gasteiger partial charge in [0.15, 0.2) is 9.84 Å². The van der Waals surface area contributed by atoms with E-state index in [9.17, 15) is 8.42 Å². The van der Waals surface area contributed by atoms with Crippen LogP contribution < -0.4 is 5.32 Å². The third kappa shape index (κ3) is 3.68. The molecule has 2 rings (SSSR count). The van der Waals surface area contributed by atoms with Gasteiger partial charge in [0, 0.05) is 18.6 Å². The number of sulfone groups is 1. The Bertz CT molecular complexity index is 382. The van der Waals surface area contributed by atoms with Gasteiger partial charge in [-0.2, -0.15) is 0 Å². The fourth-order valence-electron chi connectivity index (χ4n) is 3.10. The van der Waals surface area contributed by atoms with Gasteiger partial charge in [-0.25, -0.2) is 8.42 Å². The van der Waals surface area contributed by atoms with Crippen molar-refractivity contribution < 1.29 is 8.42 Å². The van der Waals surface area contributed by atoms with E-state index < -0.39 is 9.84 Å². The van der Waals surface area contributed by atoms with Crippen LogP contribution in [0.5, 0.6) is 0 Å². The van der Waals surface area contributed by atoms with Crippen molar-refractivity contribution in [3.05, 3.63) is 0 Å². The number of nitrogens with zero attached hydrogens (tertiary/aromatic N) is 1. The molecule has 106 valence electrons. The van der Waals surface area contributed by atoms with E-state index in [1.165, 1.54) is 0 Å². The fourth-order valence-corrected chi connectivity index (χ4v) is 4.94. The quantitative estimate of drug-likeness (QED) is 0.830. The Hall–Kier alpha value is -0.130. The molecular formula is C13H26N2O2S. The molecule has 0 aromatic rings. The van der Waals surface area contributed by atoms with E-state index in [0.717, 1.165) is 45.4 Å². The molecule has 0 bridgehead atoms. The lowest BCUT2D eigenvalue weighted by Gasteiger charge is -2.33. The molecule has 0 amide bonds. The van der Waals surface area contributed by atoms with Crippen LogP contribution in [0, 0.1) is 5.92 Å². The molecule has 2 heterocycles. The van der Waals surface area contributed by atoms with Crippen molar-refractivity contribution in [1.82, 2.24) is 10.2 Å². The topological polar surface area (TPSA) is 49.4 Å². The van der Waals surface area contributed by atoms with Gasteiger partial charge in [-0.1, -0.05) is 6.92 Å². The Balaban J connectivity index is 1.92. The summed E-state index contributed by atoms with van der Waals surface area (Å²) in [6, 6.07) is 0. The normalized spacial score (nSPS) is 37.6. The molecule has 2 aliphatic heterocycles. The summed E-state index contributed by atoms with van der Waals surface area (Å²) in [5.74, 6) is 1.16. The van der Waals surface area contributed by atoms with Gasteiger partial charge in [0.25, 0.3) is 0 Å². The predicted octanol–water partition coefficient (Wildman–Crippen LogP) is 0.885. The number of nitrogens with one attached hydrogen (secondary N) is 1. The molecule has 2 fully saturated rings. The van der Waals surface area contributed by atoms with Crippen molar-refractivity contribution in [3.63, 3.8) is 0 Å². The van der Waals surface area contributed by atoms with E-state index >= 15 is 0 Å². The summed E-state index contributed by atoms with van der Waals surface area (Å²) in [4.78, 5) is 2.47. The van der Waals surface area contributed by atoms with Gasteiger partial charge in [0.05, 0.1) is 11.5 Å². The Morgan fingerprint density at radius 1 is 1.44 bits per heavy atom. The largest absolute Gasteiger partial charge is 0.310 e. The average molecular weight is 274 g/mol. The molecule has 2 aliphatic rings. The summed E-state index contributed by atoms with van der Waals surface area (Å²) in [6.07, 6.45) is 3.14. The van der Waals surface area contributed by atoms with E-state index in [-0.39, 0.29) is 5.54 Å². The van der Waals surface area contributed by atoms with Crippen LogP contribution in [0.3, 0.4) is 0 Å². The molecule has 1 N–H and O–H groups in total. The lowest BCUT2D eigenvalue weighted by Crippen LogP contribution is -2.49. The molecule has 2 unspecified atom stereocenters. The zero-order valence-electron chi connectivity index (χ0n) is 11.6. The van der Waals surface area contributed by atoms with Crippen LogP contribution in [0.15, 0.2) is 0 Å². The zero-order valence-corrected chi connectivity index (χ0v) is 12.4. The third-order valence-corrected chi connectivity index (χ3v) is 6.24. The summed E-state index contributed by atoms with van der Waals surface area (Å²) < 4.78 is 23.0. The van der Waals surface area contributed by atoms with E-state index in [1.807, 2.05) is 0 Å². The minimum absolute atomic E-state index is 0.188. The zero-order chi connectivity index (χ0) is 13.2. The lowest BCUT2D eigenvalue weighted by atomic mass is 9.98. The van der Waals surface area contributed by atoms with Crippen molar-refractivity contribution in [1.29, 1.82) is 0 Å². The van der Waals surface area contributed by atoms with Crippen LogP contribution in [-0.4, -0.2) is 56.5 Å². The summed E-state index contributed by atoms with van der Waals surface area (Å²) in [5.41, 5.74) is 0.188. The first kappa shape index (κ1) is 14.3. The molecule has 2 saturated heterocycles. The molecule has 4 nitrogen and oxygen atoms in total. The second-order valence-electron chi connectivity index (χ2n) is 6.20. The highest BCUT2D eigenvalue weighted by atomic mass is 32.2. The second kappa shape index (κ2) is 5.47. The van der Waals surface area contributed by atoms with Crippen LogP contribution in [0.4, 0.5) is 0 Å². The van der Waals surface area contributed by atoms with Gasteiger partial charge in [-0.3, -0.25) is 0 Å². The van der Waals surface area contributed by atoms with Gasteiger partial charge in [0.2, 0.25) is 0 Å².